The van der Waals surface area contributed by atoms with Crippen molar-refractivity contribution in [3.8, 4) is 11.3 Å². The first-order valence-electron chi connectivity index (χ1n) is 10.9. The van der Waals surface area contributed by atoms with Crippen LogP contribution in [0.1, 0.15) is 33.1 Å². The van der Waals surface area contributed by atoms with E-state index in [2.05, 4.69) is 81.3 Å². The average Bonchev–Trinajstić information content (AvgIpc) is 2.87. The lowest BCUT2D eigenvalue weighted by molar-refractivity contribution is 0.0959. The molecule has 0 aliphatic rings. The van der Waals surface area contributed by atoms with E-state index < -0.39 is 0 Å². The van der Waals surface area contributed by atoms with E-state index in [-0.39, 0.29) is 23.3 Å². The zero-order valence-corrected chi connectivity index (χ0v) is 18.5. The zero-order valence-electron chi connectivity index (χ0n) is 18.5. The topological polar surface area (TPSA) is 92.9 Å². The highest BCUT2D eigenvalue weighted by atomic mass is 16.1. The second-order valence-corrected chi connectivity index (χ2v) is 7.77. The molecule has 4 aromatic rings. The highest BCUT2D eigenvalue weighted by molar-refractivity contribution is 5.96. The monoisotopic (exact) mass is 437 g/mol. The van der Waals surface area contributed by atoms with Gasteiger partial charge in [-0.15, -0.1) is 0 Å². The van der Waals surface area contributed by atoms with Crippen LogP contribution in [0.15, 0.2) is 91.1 Å². The Balaban J connectivity index is 1.49. The van der Waals surface area contributed by atoms with Gasteiger partial charge >= 0.3 is 0 Å². The summed E-state index contributed by atoms with van der Waals surface area (Å²) in [6.45, 7) is 1.51. The van der Waals surface area contributed by atoms with Crippen molar-refractivity contribution in [1.82, 2.24) is 20.6 Å². The van der Waals surface area contributed by atoms with Crippen LogP contribution in [-0.4, -0.2) is 29.5 Å². The molecule has 6 heteroatoms. The van der Waals surface area contributed by atoms with E-state index >= 15 is 0 Å². The summed E-state index contributed by atoms with van der Waals surface area (Å²) in [5, 5.41) is 6.15. The Morgan fingerprint density at radius 1 is 0.939 bits per heavy atom. The fourth-order valence-corrected chi connectivity index (χ4v) is 3.82. The first-order chi connectivity index (χ1) is 16.2. The lowest BCUT2D eigenvalue weighted by Gasteiger charge is -2.19. The molecule has 0 aliphatic heterocycles. The number of hydrogen-bond donors (Lipinski definition) is 3. The number of aromatic nitrogens is 2. The van der Waals surface area contributed by atoms with Crippen molar-refractivity contribution in [3.63, 3.8) is 0 Å². The van der Waals surface area contributed by atoms with Gasteiger partial charge in [-0.1, -0.05) is 78.9 Å². The van der Waals surface area contributed by atoms with Crippen molar-refractivity contribution >= 4 is 11.7 Å². The fourth-order valence-electron chi connectivity index (χ4n) is 3.82. The van der Waals surface area contributed by atoms with Crippen LogP contribution in [0, 0.1) is 0 Å². The Bertz CT molecular complexity index is 1170. The number of rotatable bonds is 8. The van der Waals surface area contributed by atoms with Gasteiger partial charge in [0.15, 0.2) is 11.5 Å². The highest BCUT2D eigenvalue weighted by Crippen LogP contribution is 2.24. The third-order valence-electron chi connectivity index (χ3n) is 5.55. The minimum Gasteiger partial charge on any atom is -0.382 e. The minimum absolute atomic E-state index is 0.115. The maximum absolute atomic E-state index is 12.0. The minimum atomic E-state index is -0.354. The molecule has 33 heavy (non-hydrogen) atoms. The number of amides is 1. The summed E-state index contributed by atoms with van der Waals surface area (Å²) in [4.78, 5) is 20.6. The molecule has 6 nitrogen and oxygen atoms in total. The van der Waals surface area contributed by atoms with E-state index in [4.69, 9.17) is 5.73 Å². The molecule has 1 amide bonds. The first kappa shape index (κ1) is 22.2. The zero-order chi connectivity index (χ0) is 23.0. The molecule has 4 rings (SSSR count). The molecular formula is C27H27N5O. The Kier molecular flexibility index (Phi) is 7.07. The van der Waals surface area contributed by atoms with Crippen molar-refractivity contribution in [2.24, 2.45) is 0 Å². The van der Waals surface area contributed by atoms with Gasteiger partial charge in [-0.2, -0.15) is 0 Å². The Hall–Kier alpha value is -4.03. The second kappa shape index (κ2) is 10.5. The van der Waals surface area contributed by atoms with E-state index in [1.807, 2.05) is 24.3 Å². The van der Waals surface area contributed by atoms with Gasteiger partial charge in [-0.25, -0.2) is 9.97 Å². The number of nitrogen functional groups attached to an aromatic ring is 1. The molecule has 0 spiro atoms. The number of anilines is 1. The van der Waals surface area contributed by atoms with Gasteiger partial charge in [0, 0.05) is 31.6 Å². The van der Waals surface area contributed by atoms with Crippen LogP contribution in [0.5, 0.6) is 0 Å². The quantitative estimate of drug-likeness (QED) is 0.387. The smallest absolute Gasteiger partial charge is 0.273 e. The Morgan fingerprint density at radius 3 is 2.24 bits per heavy atom. The Morgan fingerprint density at radius 2 is 1.61 bits per heavy atom. The van der Waals surface area contributed by atoms with Gasteiger partial charge in [-0.3, -0.25) is 4.79 Å². The number of carbonyl (C=O) groups is 1. The van der Waals surface area contributed by atoms with Crippen LogP contribution < -0.4 is 16.4 Å². The second-order valence-electron chi connectivity index (χ2n) is 7.77. The van der Waals surface area contributed by atoms with Crippen molar-refractivity contribution in [2.45, 2.75) is 12.5 Å². The SMILES string of the molecule is CNC(=O)c1nc(-c2cccc(CNCC(c3ccccc3)c3ccccc3)c2)cnc1N. The number of nitrogens with two attached hydrogens (primary N) is 1. The molecule has 166 valence electrons. The van der Waals surface area contributed by atoms with Gasteiger partial charge < -0.3 is 16.4 Å². The Labute approximate surface area is 193 Å². The average molecular weight is 438 g/mol. The predicted octanol–water partition coefficient (Wildman–Crippen LogP) is 4.01. The molecule has 0 fully saturated rings. The van der Waals surface area contributed by atoms with E-state index in [1.165, 1.54) is 11.1 Å². The van der Waals surface area contributed by atoms with Crippen LogP contribution in [0.3, 0.4) is 0 Å². The standard InChI is InChI=1S/C27H27N5O/c1-29-27(33)25-26(28)31-18-24(32-25)22-14-8-9-19(15-22)16-30-17-23(20-10-4-2-5-11-20)21-12-6-3-7-13-21/h2-15,18,23,30H,16-17H2,1H3,(H2,28,31)(H,29,33). The molecule has 3 aromatic carbocycles. The van der Waals surface area contributed by atoms with E-state index in [1.54, 1.807) is 13.2 Å². The van der Waals surface area contributed by atoms with Gasteiger partial charge in [0.05, 0.1) is 11.9 Å². The van der Waals surface area contributed by atoms with Crippen LogP contribution >= 0.6 is 0 Å². The van der Waals surface area contributed by atoms with Gasteiger partial charge in [-0.05, 0) is 22.8 Å². The summed E-state index contributed by atoms with van der Waals surface area (Å²) in [6, 6.07) is 29.1. The number of benzene rings is 3. The number of nitrogens with one attached hydrogen (secondary N) is 2. The van der Waals surface area contributed by atoms with Crippen LogP contribution in [0.4, 0.5) is 5.82 Å². The molecule has 0 saturated carbocycles. The summed E-state index contributed by atoms with van der Waals surface area (Å²) in [5.74, 6) is 0.0185. The third-order valence-corrected chi connectivity index (χ3v) is 5.55. The summed E-state index contributed by atoms with van der Waals surface area (Å²) < 4.78 is 0. The predicted molar refractivity (Wildman–Crippen MR) is 132 cm³/mol. The lowest BCUT2D eigenvalue weighted by Crippen LogP contribution is -2.22. The van der Waals surface area contributed by atoms with Crippen LogP contribution in [0.2, 0.25) is 0 Å². The van der Waals surface area contributed by atoms with Gasteiger partial charge in [0.2, 0.25) is 0 Å². The highest BCUT2D eigenvalue weighted by Gasteiger charge is 2.15. The van der Waals surface area contributed by atoms with Crippen LogP contribution in [0.25, 0.3) is 11.3 Å². The molecule has 0 saturated heterocycles. The largest absolute Gasteiger partial charge is 0.382 e. The number of carbonyl (C=O) groups excluding carboxylic acids is 1. The number of hydrogen-bond acceptors (Lipinski definition) is 5. The molecule has 1 heterocycles. The summed E-state index contributed by atoms with van der Waals surface area (Å²) in [5.41, 5.74) is 11.1. The molecular weight excluding hydrogens is 410 g/mol. The van der Waals surface area contributed by atoms with E-state index in [0.717, 1.165) is 17.7 Å². The van der Waals surface area contributed by atoms with Crippen molar-refractivity contribution in [3.05, 3.63) is 114 Å². The maximum Gasteiger partial charge on any atom is 0.273 e. The van der Waals surface area contributed by atoms with E-state index in [0.29, 0.717) is 12.2 Å². The molecule has 0 atom stereocenters. The summed E-state index contributed by atoms with van der Waals surface area (Å²) in [6.07, 6.45) is 1.59. The molecule has 0 unspecified atom stereocenters. The van der Waals surface area contributed by atoms with Crippen LogP contribution in [-0.2, 0) is 6.54 Å². The first-order valence-corrected chi connectivity index (χ1v) is 10.9. The van der Waals surface area contributed by atoms with Gasteiger partial charge in [0.1, 0.15) is 0 Å². The maximum atomic E-state index is 12.0. The van der Waals surface area contributed by atoms with E-state index in [9.17, 15) is 4.79 Å². The normalized spacial score (nSPS) is 10.8. The van der Waals surface area contributed by atoms with Gasteiger partial charge in [0.25, 0.3) is 5.91 Å². The molecule has 1 aromatic heterocycles. The third kappa shape index (κ3) is 5.42. The summed E-state index contributed by atoms with van der Waals surface area (Å²) in [7, 11) is 1.54. The number of nitrogens with zero attached hydrogens (tertiary/aromatic N) is 2. The molecule has 0 radical (unpaired) electrons. The van der Waals surface area contributed by atoms with Crippen molar-refractivity contribution < 1.29 is 4.79 Å². The molecule has 0 bridgehead atoms. The van der Waals surface area contributed by atoms with Crippen molar-refractivity contribution in [2.75, 3.05) is 19.3 Å². The molecule has 4 N–H and O–H groups in total. The molecule has 0 aliphatic carbocycles. The fraction of sp³-hybridized carbons (Fsp3) is 0.148. The van der Waals surface area contributed by atoms with Crippen molar-refractivity contribution in [1.29, 1.82) is 0 Å². The summed E-state index contributed by atoms with van der Waals surface area (Å²) >= 11 is 0. The lowest BCUT2D eigenvalue weighted by atomic mass is 9.91.